The van der Waals surface area contributed by atoms with E-state index in [9.17, 15) is 4.39 Å². The smallest absolute Gasteiger partial charge is 0.194 e. The second kappa shape index (κ2) is 8.20. The third-order valence-electron chi connectivity index (χ3n) is 5.40. The van der Waals surface area contributed by atoms with Crippen LogP contribution in [0.5, 0.6) is 0 Å². The molecule has 0 aliphatic carbocycles. The van der Waals surface area contributed by atoms with Crippen molar-refractivity contribution >= 4 is 29.9 Å². The molecule has 1 aromatic carbocycles. The lowest BCUT2D eigenvalue weighted by Gasteiger charge is -2.62. The molecule has 0 saturated carbocycles. The number of likely N-dealkylation sites (tertiary alicyclic amines) is 1. The molecule has 1 saturated heterocycles. The van der Waals surface area contributed by atoms with Crippen LogP contribution in [0.25, 0.3) is 0 Å². The number of nitrogens with zero attached hydrogens (tertiary/aromatic N) is 3. The molecular weight excluding hydrogens is 430 g/mol. The fourth-order valence-electron chi connectivity index (χ4n) is 3.08. The van der Waals surface area contributed by atoms with Crippen molar-refractivity contribution in [2.24, 2.45) is 10.4 Å². The Balaban J connectivity index is 0.00000312. The van der Waals surface area contributed by atoms with Gasteiger partial charge in [-0.2, -0.15) is 0 Å². The number of guanidine groups is 1. The maximum Gasteiger partial charge on any atom is 0.194 e. The summed E-state index contributed by atoms with van der Waals surface area (Å²) in [4.78, 5) is 8.70. The molecular formula is C19H32FIN4. The zero-order valence-corrected chi connectivity index (χ0v) is 18.8. The van der Waals surface area contributed by atoms with Crippen LogP contribution in [0.4, 0.5) is 4.39 Å². The highest BCUT2D eigenvalue weighted by molar-refractivity contribution is 14.0. The van der Waals surface area contributed by atoms with Gasteiger partial charge in [0, 0.05) is 43.2 Å². The van der Waals surface area contributed by atoms with Crippen LogP contribution in [-0.2, 0) is 13.1 Å². The van der Waals surface area contributed by atoms with Crippen LogP contribution in [0, 0.1) is 11.2 Å². The molecule has 0 bridgehead atoms. The molecule has 0 spiro atoms. The maximum absolute atomic E-state index is 13.9. The zero-order valence-electron chi connectivity index (χ0n) is 16.5. The first-order valence-corrected chi connectivity index (χ1v) is 8.49. The van der Waals surface area contributed by atoms with E-state index >= 15 is 0 Å². The predicted molar refractivity (Wildman–Crippen MR) is 114 cm³/mol. The number of aliphatic imine (C=N–C) groups is 1. The predicted octanol–water partition coefficient (Wildman–Crippen LogP) is 3.70. The van der Waals surface area contributed by atoms with Crippen molar-refractivity contribution in [3.63, 3.8) is 0 Å². The van der Waals surface area contributed by atoms with Gasteiger partial charge in [0.1, 0.15) is 5.82 Å². The lowest BCUT2D eigenvalue weighted by Crippen LogP contribution is -2.72. The standard InChI is InChI=1S/C19H31FN4.HI/c1-18(2)13-24(19(18,3)4)17(21-5)22-11-14-8-9-16(20)15(10-14)12-23(6)7;/h8-10H,11-13H2,1-7H3,(H,21,22);1H. The molecule has 1 aliphatic heterocycles. The van der Waals surface area contributed by atoms with Gasteiger partial charge in [-0.3, -0.25) is 4.99 Å². The first-order chi connectivity index (χ1) is 11.1. The first kappa shape index (κ1) is 22.2. The topological polar surface area (TPSA) is 30.9 Å². The average molecular weight is 462 g/mol. The maximum atomic E-state index is 13.9. The minimum Gasteiger partial charge on any atom is -0.352 e. The van der Waals surface area contributed by atoms with Crippen molar-refractivity contribution in [3.05, 3.63) is 35.1 Å². The van der Waals surface area contributed by atoms with E-state index in [4.69, 9.17) is 0 Å². The minimum absolute atomic E-state index is 0. The van der Waals surface area contributed by atoms with Crippen molar-refractivity contribution in [1.29, 1.82) is 0 Å². The van der Waals surface area contributed by atoms with E-state index in [1.807, 2.05) is 38.2 Å². The van der Waals surface area contributed by atoms with Crippen LogP contribution in [0.2, 0.25) is 0 Å². The Morgan fingerprint density at radius 2 is 1.92 bits per heavy atom. The van der Waals surface area contributed by atoms with Crippen molar-refractivity contribution in [1.82, 2.24) is 15.1 Å². The van der Waals surface area contributed by atoms with Gasteiger partial charge >= 0.3 is 0 Å². The Hall–Kier alpha value is -0.890. The summed E-state index contributed by atoms with van der Waals surface area (Å²) in [5, 5.41) is 3.42. The molecule has 0 aromatic heterocycles. The Bertz CT molecular complexity index is 626. The Morgan fingerprint density at radius 3 is 2.40 bits per heavy atom. The van der Waals surface area contributed by atoms with Gasteiger partial charge < -0.3 is 15.1 Å². The average Bonchev–Trinajstić information content (AvgIpc) is 2.49. The summed E-state index contributed by atoms with van der Waals surface area (Å²) in [6.45, 7) is 11.3. The molecule has 1 aromatic rings. The molecule has 0 radical (unpaired) electrons. The summed E-state index contributed by atoms with van der Waals surface area (Å²) in [5.74, 6) is 0.750. The van der Waals surface area contributed by atoms with Crippen LogP contribution in [0.1, 0.15) is 38.8 Å². The van der Waals surface area contributed by atoms with Crippen molar-refractivity contribution in [3.8, 4) is 0 Å². The van der Waals surface area contributed by atoms with Gasteiger partial charge in [0.05, 0.1) is 0 Å². The summed E-state index contributed by atoms with van der Waals surface area (Å²) < 4.78 is 13.9. The molecule has 0 amide bonds. The van der Waals surface area contributed by atoms with Gasteiger partial charge in [-0.15, -0.1) is 24.0 Å². The zero-order chi connectivity index (χ0) is 18.1. The third-order valence-corrected chi connectivity index (χ3v) is 5.40. The highest BCUT2D eigenvalue weighted by Crippen LogP contribution is 2.46. The largest absolute Gasteiger partial charge is 0.352 e. The second-order valence-electron chi connectivity index (χ2n) is 8.09. The number of nitrogens with one attached hydrogen (secondary N) is 1. The summed E-state index contributed by atoms with van der Waals surface area (Å²) >= 11 is 0. The van der Waals surface area contributed by atoms with E-state index in [1.54, 1.807) is 6.07 Å². The fraction of sp³-hybridized carbons (Fsp3) is 0.632. The van der Waals surface area contributed by atoms with E-state index in [1.165, 1.54) is 0 Å². The highest BCUT2D eigenvalue weighted by Gasteiger charge is 2.53. The summed E-state index contributed by atoms with van der Waals surface area (Å²) in [6, 6.07) is 5.32. The van der Waals surface area contributed by atoms with Crippen molar-refractivity contribution in [2.45, 2.75) is 46.3 Å². The molecule has 6 heteroatoms. The SMILES string of the molecule is CN=C(NCc1ccc(F)c(CN(C)C)c1)N1CC(C)(C)C1(C)C.I. The Morgan fingerprint density at radius 1 is 1.28 bits per heavy atom. The Kier molecular flexibility index (Phi) is 7.27. The normalized spacial score (nSPS) is 18.6. The van der Waals surface area contributed by atoms with Gasteiger partial charge in [-0.1, -0.05) is 19.9 Å². The van der Waals surface area contributed by atoms with E-state index in [-0.39, 0.29) is 40.7 Å². The number of rotatable bonds is 4. The van der Waals surface area contributed by atoms with E-state index in [2.05, 4.69) is 42.9 Å². The third kappa shape index (κ3) is 4.64. The number of benzene rings is 1. The molecule has 25 heavy (non-hydrogen) atoms. The van der Waals surface area contributed by atoms with Gasteiger partial charge in [0.15, 0.2) is 5.96 Å². The number of hydrogen-bond acceptors (Lipinski definition) is 2. The van der Waals surface area contributed by atoms with Gasteiger partial charge in [0.25, 0.3) is 0 Å². The van der Waals surface area contributed by atoms with Crippen molar-refractivity contribution < 1.29 is 4.39 Å². The Labute approximate surface area is 168 Å². The molecule has 2 rings (SSSR count). The lowest BCUT2D eigenvalue weighted by molar-refractivity contribution is -0.0667. The van der Waals surface area contributed by atoms with Crippen LogP contribution in [0.3, 0.4) is 0 Å². The van der Waals surface area contributed by atoms with Gasteiger partial charge in [0.2, 0.25) is 0 Å². The van der Waals surface area contributed by atoms with Gasteiger partial charge in [-0.25, -0.2) is 4.39 Å². The summed E-state index contributed by atoms with van der Waals surface area (Å²) in [5.41, 5.74) is 2.11. The van der Waals surface area contributed by atoms with E-state index < -0.39 is 0 Å². The van der Waals surface area contributed by atoms with Crippen LogP contribution in [0.15, 0.2) is 23.2 Å². The van der Waals surface area contributed by atoms with E-state index in [0.29, 0.717) is 13.1 Å². The minimum atomic E-state index is -0.151. The molecule has 0 atom stereocenters. The molecule has 4 nitrogen and oxygen atoms in total. The quantitative estimate of drug-likeness (QED) is 0.421. The highest BCUT2D eigenvalue weighted by atomic mass is 127. The first-order valence-electron chi connectivity index (χ1n) is 8.49. The molecule has 1 aliphatic rings. The molecule has 142 valence electrons. The fourth-order valence-corrected chi connectivity index (χ4v) is 3.08. The second-order valence-corrected chi connectivity index (χ2v) is 8.09. The van der Waals surface area contributed by atoms with Crippen LogP contribution in [-0.4, -0.2) is 49.0 Å². The van der Waals surface area contributed by atoms with Crippen LogP contribution >= 0.6 is 24.0 Å². The monoisotopic (exact) mass is 462 g/mol. The van der Waals surface area contributed by atoms with Gasteiger partial charge in [-0.05, 0) is 45.6 Å². The van der Waals surface area contributed by atoms with Crippen LogP contribution < -0.4 is 5.32 Å². The summed E-state index contributed by atoms with van der Waals surface area (Å²) in [6.07, 6.45) is 0. The van der Waals surface area contributed by atoms with E-state index in [0.717, 1.165) is 23.6 Å². The molecule has 1 N–H and O–H groups in total. The summed E-state index contributed by atoms with van der Waals surface area (Å²) in [7, 11) is 5.70. The number of hydrogen-bond donors (Lipinski definition) is 1. The number of halogens is 2. The lowest BCUT2D eigenvalue weighted by atomic mass is 9.65. The van der Waals surface area contributed by atoms with Crippen molar-refractivity contribution in [2.75, 3.05) is 27.7 Å². The molecule has 0 unspecified atom stereocenters. The molecule has 1 heterocycles. The molecule has 1 fully saturated rings.